The van der Waals surface area contributed by atoms with Crippen LogP contribution in [0.15, 0.2) is 53.7 Å². The van der Waals surface area contributed by atoms with Gasteiger partial charge in [-0.2, -0.15) is 0 Å². The zero-order valence-corrected chi connectivity index (χ0v) is 14.1. The Kier molecular flexibility index (Phi) is 3.76. The van der Waals surface area contributed by atoms with Crippen molar-refractivity contribution in [2.45, 2.75) is 12.5 Å². The molecule has 0 radical (unpaired) electrons. The second kappa shape index (κ2) is 6.09. The monoisotopic (exact) mass is 334 g/mol. The van der Waals surface area contributed by atoms with Gasteiger partial charge in [-0.25, -0.2) is 0 Å². The van der Waals surface area contributed by atoms with Crippen LogP contribution in [0.2, 0.25) is 0 Å². The van der Waals surface area contributed by atoms with Crippen molar-refractivity contribution in [3.8, 4) is 11.5 Å². The van der Waals surface area contributed by atoms with Gasteiger partial charge in [0.2, 0.25) is 0 Å². The largest absolute Gasteiger partial charge is 0.497 e. The molecule has 2 heterocycles. The summed E-state index contributed by atoms with van der Waals surface area (Å²) in [6.45, 7) is 0. The van der Waals surface area contributed by atoms with Gasteiger partial charge in [0.25, 0.3) is 5.91 Å². The van der Waals surface area contributed by atoms with Gasteiger partial charge in [-0.15, -0.1) is 0 Å². The molecule has 0 N–H and O–H groups in total. The lowest BCUT2D eigenvalue weighted by atomic mass is 10.0. The molecule has 0 unspecified atom stereocenters. The standard InChI is InChI=1S/C20H18N2O3/c1-24-16-5-3-13(4-6-16)14-9-15-11-21-19-8-7-17(25-2)10-18(19)20(23)22(15)12-14/h3-8,10-12,15H,9H2,1-2H3/t15-/m0/s1. The summed E-state index contributed by atoms with van der Waals surface area (Å²) in [6.07, 6.45) is 4.52. The molecule has 2 aromatic rings. The summed E-state index contributed by atoms with van der Waals surface area (Å²) >= 11 is 0. The van der Waals surface area contributed by atoms with Gasteiger partial charge in [-0.3, -0.25) is 9.79 Å². The molecule has 0 saturated carbocycles. The number of carbonyl (C=O) groups excluding carboxylic acids is 1. The smallest absolute Gasteiger partial charge is 0.260 e. The number of methoxy groups -OCH3 is 2. The van der Waals surface area contributed by atoms with Gasteiger partial charge >= 0.3 is 0 Å². The second-order valence-electron chi connectivity index (χ2n) is 6.03. The topological polar surface area (TPSA) is 51.1 Å². The molecule has 0 spiro atoms. The fraction of sp³-hybridized carbons (Fsp3) is 0.200. The summed E-state index contributed by atoms with van der Waals surface area (Å²) in [4.78, 5) is 19.3. The number of hydrogen-bond donors (Lipinski definition) is 0. The number of rotatable bonds is 3. The van der Waals surface area contributed by atoms with Crippen LogP contribution in [-0.4, -0.2) is 37.3 Å². The summed E-state index contributed by atoms with van der Waals surface area (Å²) in [7, 11) is 3.24. The number of fused-ring (bicyclic) bond motifs is 2. The Labute approximate surface area is 146 Å². The van der Waals surface area contributed by atoms with Gasteiger partial charge in [-0.1, -0.05) is 12.1 Å². The molecule has 0 fully saturated rings. The molecule has 2 aliphatic rings. The minimum Gasteiger partial charge on any atom is -0.497 e. The Morgan fingerprint density at radius 3 is 2.48 bits per heavy atom. The van der Waals surface area contributed by atoms with E-state index in [0.717, 1.165) is 23.3 Å². The van der Waals surface area contributed by atoms with Crippen LogP contribution in [0.5, 0.6) is 11.5 Å². The highest BCUT2D eigenvalue weighted by molar-refractivity contribution is 6.05. The summed E-state index contributed by atoms with van der Waals surface area (Å²) in [5.74, 6) is 1.41. The molecule has 25 heavy (non-hydrogen) atoms. The molecule has 1 amide bonds. The first kappa shape index (κ1) is 15.4. The minimum atomic E-state index is -0.0667. The van der Waals surface area contributed by atoms with Crippen molar-refractivity contribution in [3.63, 3.8) is 0 Å². The summed E-state index contributed by atoms with van der Waals surface area (Å²) < 4.78 is 10.4. The van der Waals surface area contributed by atoms with Crippen LogP contribution in [0, 0.1) is 0 Å². The fourth-order valence-corrected chi connectivity index (χ4v) is 3.20. The van der Waals surface area contributed by atoms with E-state index in [1.54, 1.807) is 25.2 Å². The second-order valence-corrected chi connectivity index (χ2v) is 6.03. The molecular formula is C20H18N2O3. The molecule has 2 aliphatic heterocycles. The van der Waals surface area contributed by atoms with Crippen molar-refractivity contribution in [1.29, 1.82) is 0 Å². The number of hydrogen-bond acceptors (Lipinski definition) is 4. The normalized spacial score (nSPS) is 18.3. The van der Waals surface area contributed by atoms with E-state index in [1.807, 2.05) is 48.8 Å². The average Bonchev–Trinajstić information content (AvgIpc) is 3.05. The van der Waals surface area contributed by atoms with Crippen LogP contribution in [0.1, 0.15) is 22.3 Å². The van der Waals surface area contributed by atoms with Crippen LogP contribution >= 0.6 is 0 Å². The van der Waals surface area contributed by atoms with E-state index in [1.165, 1.54) is 0 Å². The third-order valence-electron chi connectivity index (χ3n) is 4.60. The van der Waals surface area contributed by atoms with Crippen LogP contribution in [0.3, 0.4) is 0 Å². The van der Waals surface area contributed by atoms with Crippen LogP contribution in [0.25, 0.3) is 5.57 Å². The number of nitrogens with zero attached hydrogens (tertiary/aromatic N) is 2. The van der Waals surface area contributed by atoms with Gasteiger partial charge < -0.3 is 14.4 Å². The molecule has 0 saturated heterocycles. The van der Waals surface area contributed by atoms with Gasteiger partial charge in [0.1, 0.15) is 11.5 Å². The lowest BCUT2D eigenvalue weighted by Crippen LogP contribution is -2.32. The maximum atomic E-state index is 13.0. The summed E-state index contributed by atoms with van der Waals surface area (Å²) in [5, 5.41) is 0. The quantitative estimate of drug-likeness (QED) is 0.860. The first-order chi connectivity index (χ1) is 12.2. The number of benzene rings is 2. The summed E-state index contributed by atoms with van der Waals surface area (Å²) in [6, 6.07) is 13.2. The highest BCUT2D eigenvalue weighted by Gasteiger charge is 2.32. The third-order valence-corrected chi connectivity index (χ3v) is 4.60. The molecule has 126 valence electrons. The Balaban J connectivity index is 1.68. The molecule has 0 bridgehead atoms. The zero-order valence-electron chi connectivity index (χ0n) is 14.1. The zero-order chi connectivity index (χ0) is 17.4. The van der Waals surface area contributed by atoms with Crippen LogP contribution < -0.4 is 9.47 Å². The fourth-order valence-electron chi connectivity index (χ4n) is 3.20. The summed E-state index contributed by atoms with van der Waals surface area (Å²) in [5.41, 5.74) is 3.43. The van der Waals surface area contributed by atoms with Gasteiger partial charge in [-0.05, 0) is 41.5 Å². The van der Waals surface area contributed by atoms with E-state index < -0.39 is 0 Å². The molecule has 2 aromatic carbocycles. The van der Waals surface area contributed by atoms with E-state index in [4.69, 9.17) is 9.47 Å². The highest BCUT2D eigenvalue weighted by Crippen LogP contribution is 2.35. The number of aliphatic imine (C=N–C) groups is 1. The number of ether oxygens (including phenoxy) is 2. The molecule has 1 atom stereocenters. The number of carbonyl (C=O) groups is 1. The predicted octanol–water partition coefficient (Wildman–Crippen LogP) is 3.68. The van der Waals surface area contributed by atoms with Gasteiger partial charge in [0.15, 0.2) is 0 Å². The van der Waals surface area contributed by atoms with E-state index in [-0.39, 0.29) is 11.9 Å². The lowest BCUT2D eigenvalue weighted by molar-refractivity contribution is 0.0817. The maximum Gasteiger partial charge on any atom is 0.260 e. The van der Waals surface area contributed by atoms with Crippen LogP contribution in [0.4, 0.5) is 5.69 Å². The molecule has 0 aromatic heterocycles. The maximum absolute atomic E-state index is 13.0. The van der Waals surface area contributed by atoms with Crippen molar-refractivity contribution in [2.24, 2.45) is 4.99 Å². The molecule has 5 nitrogen and oxygen atoms in total. The Hall–Kier alpha value is -3.08. The molecule has 4 rings (SSSR count). The van der Waals surface area contributed by atoms with E-state index in [0.29, 0.717) is 17.0 Å². The van der Waals surface area contributed by atoms with Gasteiger partial charge in [0, 0.05) is 18.8 Å². The lowest BCUT2D eigenvalue weighted by Gasteiger charge is -2.18. The van der Waals surface area contributed by atoms with Crippen molar-refractivity contribution < 1.29 is 14.3 Å². The number of amides is 1. The van der Waals surface area contributed by atoms with Crippen LogP contribution in [-0.2, 0) is 0 Å². The molecule has 5 heteroatoms. The van der Waals surface area contributed by atoms with Crippen molar-refractivity contribution >= 4 is 23.4 Å². The predicted molar refractivity (Wildman–Crippen MR) is 96.7 cm³/mol. The van der Waals surface area contributed by atoms with E-state index in [9.17, 15) is 4.79 Å². The van der Waals surface area contributed by atoms with Gasteiger partial charge in [0.05, 0.1) is 31.5 Å². The van der Waals surface area contributed by atoms with E-state index in [2.05, 4.69) is 4.99 Å². The third kappa shape index (κ3) is 2.67. The first-order valence-electron chi connectivity index (χ1n) is 8.09. The SMILES string of the molecule is COc1ccc(C2=CN3C(=O)c4cc(OC)ccc4N=C[C@@H]3C2)cc1. The van der Waals surface area contributed by atoms with E-state index >= 15 is 0 Å². The van der Waals surface area contributed by atoms with Crippen molar-refractivity contribution in [2.75, 3.05) is 14.2 Å². The van der Waals surface area contributed by atoms with Crippen molar-refractivity contribution in [1.82, 2.24) is 4.90 Å². The van der Waals surface area contributed by atoms with Crippen molar-refractivity contribution in [3.05, 3.63) is 59.8 Å². The molecule has 0 aliphatic carbocycles. The average molecular weight is 334 g/mol. The Bertz CT molecular complexity index is 884. The Morgan fingerprint density at radius 1 is 1.04 bits per heavy atom. The highest BCUT2D eigenvalue weighted by atomic mass is 16.5. The molecular weight excluding hydrogens is 316 g/mol. The Morgan fingerprint density at radius 2 is 1.76 bits per heavy atom. The minimum absolute atomic E-state index is 0.0556. The first-order valence-corrected chi connectivity index (χ1v) is 8.09.